The molecule has 4 aromatic rings. The molecule has 176 valence electrons. The number of benzene rings is 2. The monoisotopic (exact) mass is 473 g/mol. The van der Waals surface area contributed by atoms with E-state index in [-0.39, 0.29) is 28.2 Å². The molecular weight excluding hydrogens is 454 g/mol. The predicted octanol–water partition coefficient (Wildman–Crippen LogP) is 3.66. The number of alkyl halides is 2. The van der Waals surface area contributed by atoms with Crippen LogP contribution in [0.3, 0.4) is 0 Å². The Morgan fingerprint density at radius 2 is 1.88 bits per heavy atom. The molecule has 0 saturated carbocycles. The lowest BCUT2D eigenvalue weighted by Gasteiger charge is -2.23. The quantitative estimate of drug-likeness (QED) is 0.371. The maximum Gasteiger partial charge on any atom is 0.294 e. The Labute approximate surface area is 190 Å². The number of nitrogens with one attached hydrogen (secondary N) is 1. The summed E-state index contributed by atoms with van der Waals surface area (Å²) in [5.41, 5.74) is 6.35. The Morgan fingerprint density at radius 3 is 2.59 bits per heavy atom. The van der Waals surface area contributed by atoms with Crippen molar-refractivity contribution in [1.29, 1.82) is 0 Å². The minimum absolute atomic E-state index is 0.0238. The van der Waals surface area contributed by atoms with Gasteiger partial charge in [-0.1, -0.05) is 12.1 Å². The van der Waals surface area contributed by atoms with Crippen molar-refractivity contribution in [2.75, 3.05) is 12.3 Å². The zero-order valence-electron chi connectivity index (χ0n) is 17.8. The van der Waals surface area contributed by atoms with E-state index in [1.54, 1.807) is 6.07 Å². The molecule has 1 atom stereocenters. The van der Waals surface area contributed by atoms with E-state index >= 15 is 0 Å². The largest absolute Gasteiger partial charge is 0.382 e. The molecule has 4 rings (SSSR count). The summed E-state index contributed by atoms with van der Waals surface area (Å²) < 4.78 is 58.1. The summed E-state index contributed by atoms with van der Waals surface area (Å²) in [6.07, 6.45) is -0.745. The highest BCUT2D eigenvalue weighted by Crippen LogP contribution is 2.31. The highest BCUT2D eigenvalue weighted by atomic mass is 19.3. The van der Waals surface area contributed by atoms with Gasteiger partial charge in [-0.25, -0.2) is 22.1 Å². The number of aliphatic hydroxyl groups is 1. The molecule has 0 spiro atoms. The van der Waals surface area contributed by atoms with Gasteiger partial charge in [-0.15, -0.1) is 5.10 Å². The van der Waals surface area contributed by atoms with Gasteiger partial charge in [0.1, 0.15) is 17.7 Å². The first kappa shape index (κ1) is 23.2. The Hall–Kier alpha value is -3.99. The number of nitrogens with two attached hydrogens (primary N) is 1. The van der Waals surface area contributed by atoms with E-state index in [0.717, 1.165) is 30.3 Å². The number of rotatable bonds is 6. The van der Waals surface area contributed by atoms with Gasteiger partial charge in [0, 0.05) is 17.3 Å². The van der Waals surface area contributed by atoms with Crippen LogP contribution in [0, 0.1) is 18.6 Å². The van der Waals surface area contributed by atoms with E-state index in [1.807, 2.05) is 0 Å². The third-order valence-electron chi connectivity index (χ3n) is 5.29. The van der Waals surface area contributed by atoms with Crippen LogP contribution in [0.15, 0.2) is 54.7 Å². The number of nitrogens with zero attached hydrogens (tertiary/aromatic N) is 3. The first-order chi connectivity index (χ1) is 16.0. The summed E-state index contributed by atoms with van der Waals surface area (Å²) in [5.74, 6) is -5.85. The molecule has 11 heteroatoms. The molecule has 1 amide bonds. The zero-order chi connectivity index (χ0) is 24.6. The van der Waals surface area contributed by atoms with Crippen molar-refractivity contribution < 1.29 is 27.5 Å². The fourth-order valence-corrected chi connectivity index (χ4v) is 3.48. The van der Waals surface area contributed by atoms with Gasteiger partial charge in [0.05, 0.1) is 6.54 Å². The number of anilines is 1. The third-order valence-corrected chi connectivity index (χ3v) is 5.29. The van der Waals surface area contributed by atoms with E-state index in [0.29, 0.717) is 11.2 Å². The first-order valence-electron chi connectivity index (χ1n) is 10.1. The van der Waals surface area contributed by atoms with Crippen molar-refractivity contribution in [3.63, 3.8) is 0 Å². The molecule has 0 radical (unpaired) electrons. The Bertz CT molecular complexity index is 1370. The number of carbonyl (C=O) groups is 1. The second kappa shape index (κ2) is 8.75. The van der Waals surface area contributed by atoms with E-state index in [2.05, 4.69) is 15.4 Å². The van der Waals surface area contributed by atoms with Crippen LogP contribution < -0.4 is 11.1 Å². The molecule has 2 aromatic heterocycles. The third kappa shape index (κ3) is 4.55. The molecule has 34 heavy (non-hydrogen) atoms. The van der Waals surface area contributed by atoms with E-state index in [4.69, 9.17) is 5.73 Å². The number of aromatic nitrogens is 3. The Balaban J connectivity index is 1.56. The van der Waals surface area contributed by atoms with Gasteiger partial charge in [-0.05, 0) is 60.0 Å². The maximum absolute atomic E-state index is 14.7. The molecule has 2 heterocycles. The molecule has 0 unspecified atom stereocenters. The summed E-state index contributed by atoms with van der Waals surface area (Å²) in [4.78, 5) is 16.7. The van der Waals surface area contributed by atoms with Crippen molar-refractivity contribution in [2.45, 2.75) is 19.0 Å². The lowest BCUT2D eigenvalue weighted by molar-refractivity contribution is -0.106. The summed E-state index contributed by atoms with van der Waals surface area (Å²) >= 11 is 0. The molecule has 7 nitrogen and oxygen atoms in total. The second-order valence-electron chi connectivity index (χ2n) is 7.73. The maximum atomic E-state index is 14.7. The van der Waals surface area contributed by atoms with Gasteiger partial charge in [-0.2, -0.15) is 4.98 Å². The second-order valence-corrected chi connectivity index (χ2v) is 7.73. The smallest absolute Gasteiger partial charge is 0.294 e. The summed E-state index contributed by atoms with van der Waals surface area (Å²) in [5, 5.41) is 16.0. The number of halogens is 4. The number of fused-ring (bicyclic) bond motifs is 1. The van der Waals surface area contributed by atoms with Gasteiger partial charge in [0.15, 0.2) is 5.65 Å². The molecule has 0 aliphatic carbocycles. The lowest BCUT2D eigenvalue weighted by atomic mass is 9.98. The summed E-state index contributed by atoms with van der Waals surface area (Å²) in [6, 6.07) is 9.40. The van der Waals surface area contributed by atoms with Crippen molar-refractivity contribution in [1.82, 2.24) is 19.9 Å². The van der Waals surface area contributed by atoms with Crippen molar-refractivity contribution in [3.8, 4) is 11.1 Å². The number of pyridine rings is 1. The fraction of sp³-hybridized carbons (Fsp3) is 0.174. The average Bonchev–Trinajstić information content (AvgIpc) is 3.17. The number of hydrogen-bond donors (Lipinski definition) is 3. The fourth-order valence-electron chi connectivity index (χ4n) is 3.48. The van der Waals surface area contributed by atoms with Crippen LogP contribution in [-0.4, -0.2) is 38.1 Å². The van der Waals surface area contributed by atoms with Gasteiger partial charge in [0.25, 0.3) is 11.8 Å². The summed E-state index contributed by atoms with van der Waals surface area (Å²) in [7, 11) is 0. The lowest BCUT2D eigenvalue weighted by Crippen LogP contribution is -2.41. The zero-order valence-corrected chi connectivity index (χ0v) is 17.8. The Kier molecular flexibility index (Phi) is 5.96. The minimum Gasteiger partial charge on any atom is -0.382 e. The van der Waals surface area contributed by atoms with Crippen molar-refractivity contribution in [3.05, 3.63) is 83.1 Å². The number of nitrogen functional groups attached to an aromatic ring is 1. The number of carbonyl (C=O) groups excluding carboxylic acids is 1. The molecule has 0 bridgehead atoms. The highest BCUT2D eigenvalue weighted by molar-refractivity contribution is 5.97. The van der Waals surface area contributed by atoms with Gasteiger partial charge >= 0.3 is 0 Å². The van der Waals surface area contributed by atoms with Crippen molar-refractivity contribution >= 4 is 17.5 Å². The summed E-state index contributed by atoms with van der Waals surface area (Å²) in [6.45, 7) is 0.275. The minimum atomic E-state index is -3.75. The molecule has 0 fully saturated rings. The van der Waals surface area contributed by atoms with Crippen LogP contribution in [0.1, 0.15) is 27.6 Å². The number of aryl methyl sites for hydroxylation is 1. The first-order valence-corrected chi connectivity index (χ1v) is 10.1. The van der Waals surface area contributed by atoms with Gasteiger partial charge in [0.2, 0.25) is 5.95 Å². The van der Waals surface area contributed by atoms with E-state index in [9.17, 15) is 27.5 Å². The van der Waals surface area contributed by atoms with Crippen LogP contribution in [0.2, 0.25) is 0 Å². The topological polar surface area (TPSA) is 106 Å². The van der Waals surface area contributed by atoms with Crippen LogP contribution in [-0.2, 0) is 0 Å². The van der Waals surface area contributed by atoms with Crippen molar-refractivity contribution in [2.24, 2.45) is 0 Å². The molecule has 4 N–H and O–H groups in total. The molecular formula is C23H19F4N5O2. The predicted molar refractivity (Wildman–Crippen MR) is 116 cm³/mol. The Morgan fingerprint density at radius 1 is 1.18 bits per heavy atom. The van der Waals surface area contributed by atoms with Crippen LogP contribution >= 0.6 is 0 Å². The van der Waals surface area contributed by atoms with Crippen LogP contribution in [0.25, 0.3) is 16.8 Å². The molecule has 0 aliphatic rings. The van der Waals surface area contributed by atoms with Gasteiger partial charge in [-0.3, -0.25) is 4.79 Å². The average molecular weight is 473 g/mol. The van der Waals surface area contributed by atoms with Gasteiger partial charge < -0.3 is 16.2 Å². The van der Waals surface area contributed by atoms with E-state index in [1.165, 1.54) is 29.8 Å². The molecule has 0 saturated heterocycles. The van der Waals surface area contributed by atoms with Crippen LogP contribution in [0.4, 0.5) is 23.5 Å². The SMILES string of the molecule is Cc1cc(F)c(-c2ccn3nc(N)nc3c2)cc1C(=O)NCC(F)(F)[C@H](O)c1ccc(F)cc1. The standard InChI is InChI=1S/C23H19F4N5O2/c1-12-8-18(25)17(14-6-7-32-19(9-14)30-22(28)31-32)10-16(12)21(34)29-11-23(26,27)20(33)13-2-4-15(24)5-3-13/h2-10,20,33H,11H2,1H3,(H2,28,31)(H,29,34)/t20-/m1/s1. The van der Waals surface area contributed by atoms with E-state index < -0.39 is 36.1 Å². The molecule has 2 aromatic carbocycles. The molecule has 0 aliphatic heterocycles. The highest BCUT2D eigenvalue weighted by Gasteiger charge is 2.40. The number of hydrogen-bond acceptors (Lipinski definition) is 5. The number of amides is 1. The normalized spacial score (nSPS) is 12.6. The van der Waals surface area contributed by atoms with Crippen LogP contribution in [0.5, 0.6) is 0 Å². The number of aliphatic hydroxyl groups excluding tert-OH is 1.